The molecule has 0 saturated carbocycles. The first-order valence-electron chi connectivity index (χ1n) is 12.4. The molecule has 1 atom stereocenters. The van der Waals surface area contributed by atoms with Gasteiger partial charge in [0.05, 0.1) is 29.5 Å². The standard InChI is InChI=1S/C26H33ClN6O3/c1-16-7-9-32(10-8-16)15-21-24(27)20-11-18(5-6-22(20)29-25(21)36-4)26(35,23-12-28-30-31(23)3)19-13-33(14-19)17(2)34/h5-6,11-12,16,19,35H,7-10,13-15H2,1-4H3. The van der Waals surface area contributed by atoms with E-state index in [0.717, 1.165) is 42.8 Å². The number of carbonyl (C=O) groups is 1. The van der Waals surface area contributed by atoms with E-state index in [0.29, 0.717) is 47.3 Å². The summed E-state index contributed by atoms with van der Waals surface area (Å²) in [6, 6.07) is 5.64. The van der Waals surface area contributed by atoms with Gasteiger partial charge in [0.1, 0.15) is 5.60 Å². The molecule has 2 aliphatic heterocycles. The lowest BCUT2D eigenvalue weighted by Gasteiger charge is -2.47. The summed E-state index contributed by atoms with van der Waals surface area (Å²) in [6.07, 6.45) is 3.91. The first-order valence-corrected chi connectivity index (χ1v) is 12.8. The number of aryl methyl sites for hydroxylation is 1. The lowest BCUT2D eigenvalue weighted by atomic mass is 9.74. The molecule has 3 aromatic rings. The molecule has 2 saturated heterocycles. The maximum absolute atomic E-state index is 12.2. The summed E-state index contributed by atoms with van der Waals surface area (Å²) in [4.78, 5) is 20.7. The lowest BCUT2D eigenvalue weighted by Crippen LogP contribution is -2.58. The Morgan fingerprint density at radius 3 is 2.61 bits per heavy atom. The van der Waals surface area contributed by atoms with Crippen LogP contribution in [-0.4, -0.2) is 74.1 Å². The second kappa shape index (κ2) is 9.61. The number of ether oxygens (including phenoxy) is 1. The Morgan fingerprint density at radius 1 is 1.28 bits per heavy atom. The molecule has 0 spiro atoms. The van der Waals surface area contributed by atoms with Crippen LogP contribution in [0.3, 0.4) is 0 Å². The highest BCUT2D eigenvalue weighted by Crippen LogP contribution is 2.43. The Bertz CT molecular complexity index is 1280. The van der Waals surface area contributed by atoms with Crippen LogP contribution in [0, 0.1) is 11.8 Å². The fourth-order valence-corrected chi connectivity index (χ4v) is 5.75. The molecule has 1 aromatic carbocycles. The number of benzene rings is 1. The number of amides is 1. The van der Waals surface area contributed by atoms with E-state index in [1.807, 2.05) is 18.2 Å². The Hall–Kier alpha value is -2.75. The van der Waals surface area contributed by atoms with Gasteiger partial charge in [0.15, 0.2) is 0 Å². The quantitative estimate of drug-likeness (QED) is 0.542. The average molecular weight is 513 g/mol. The van der Waals surface area contributed by atoms with Crippen molar-refractivity contribution in [2.24, 2.45) is 18.9 Å². The number of likely N-dealkylation sites (tertiary alicyclic amines) is 2. The number of rotatable bonds is 6. The number of carbonyl (C=O) groups excluding carboxylic acids is 1. The normalized spacial score (nSPS) is 19.3. The number of fused-ring (bicyclic) bond motifs is 1. The van der Waals surface area contributed by atoms with E-state index < -0.39 is 5.60 Å². The van der Waals surface area contributed by atoms with E-state index in [9.17, 15) is 9.90 Å². The Kier molecular flexibility index (Phi) is 6.65. The van der Waals surface area contributed by atoms with Gasteiger partial charge in [0.2, 0.25) is 11.8 Å². The van der Waals surface area contributed by atoms with Crippen molar-refractivity contribution in [1.82, 2.24) is 29.8 Å². The maximum Gasteiger partial charge on any atom is 0.219 e. The first kappa shape index (κ1) is 24.9. The topological polar surface area (TPSA) is 96.6 Å². The van der Waals surface area contributed by atoms with Crippen molar-refractivity contribution in [3.63, 3.8) is 0 Å². The van der Waals surface area contributed by atoms with Crippen LogP contribution in [0.4, 0.5) is 0 Å². The third kappa shape index (κ3) is 4.23. The minimum Gasteiger partial charge on any atom is -0.481 e. The van der Waals surface area contributed by atoms with Crippen LogP contribution in [0.5, 0.6) is 5.88 Å². The van der Waals surface area contributed by atoms with Crippen molar-refractivity contribution in [1.29, 1.82) is 0 Å². The molecule has 0 aliphatic carbocycles. The summed E-state index contributed by atoms with van der Waals surface area (Å²) >= 11 is 7.03. The third-order valence-electron chi connectivity index (χ3n) is 7.89. The largest absolute Gasteiger partial charge is 0.481 e. The average Bonchev–Trinajstić information content (AvgIpc) is 3.26. The van der Waals surface area contributed by atoms with Gasteiger partial charge in [-0.05, 0) is 49.5 Å². The van der Waals surface area contributed by atoms with Gasteiger partial charge in [-0.2, -0.15) is 0 Å². The van der Waals surface area contributed by atoms with Crippen LogP contribution in [-0.2, 0) is 24.0 Å². The zero-order chi connectivity index (χ0) is 25.6. The van der Waals surface area contributed by atoms with Crippen molar-refractivity contribution in [2.45, 2.75) is 38.8 Å². The Labute approximate surface area is 216 Å². The molecule has 36 heavy (non-hydrogen) atoms. The van der Waals surface area contributed by atoms with E-state index in [1.54, 1.807) is 36.9 Å². The van der Waals surface area contributed by atoms with E-state index in [2.05, 4.69) is 22.1 Å². The predicted octanol–water partition coefficient (Wildman–Crippen LogP) is 2.97. The second-order valence-corrected chi connectivity index (χ2v) is 10.6. The number of methoxy groups -OCH3 is 1. The van der Waals surface area contributed by atoms with Crippen molar-refractivity contribution >= 4 is 28.4 Å². The van der Waals surface area contributed by atoms with Crippen LogP contribution >= 0.6 is 11.6 Å². The summed E-state index contributed by atoms with van der Waals surface area (Å²) in [6.45, 7) is 7.42. The van der Waals surface area contributed by atoms with Crippen molar-refractivity contribution in [3.8, 4) is 5.88 Å². The van der Waals surface area contributed by atoms with Gasteiger partial charge in [-0.25, -0.2) is 9.67 Å². The molecular weight excluding hydrogens is 480 g/mol. The SMILES string of the molecule is COc1nc2ccc(C(O)(c3cnnn3C)C3CN(C(C)=O)C3)cc2c(Cl)c1CN1CCC(C)CC1. The molecule has 0 radical (unpaired) electrons. The van der Waals surface area contributed by atoms with Crippen LogP contribution in [0.25, 0.3) is 10.9 Å². The number of nitrogens with zero attached hydrogens (tertiary/aromatic N) is 6. The van der Waals surface area contributed by atoms with Crippen molar-refractivity contribution < 1.29 is 14.6 Å². The highest BCUT2D eigenvalue weighted by Gasteiger charge is 2.49. The molecule has 2 fully saturated rings. The lowest BCUT2D eigenvalue weighted by molar-refractivity contribution is -0.142. The van der Waals surface area contributed by atoms with E-state index >= 15 is 0 Å². The summed E-state index contributed by atoms with van der Waals surface area (Å²) in [5, 5.41) is 21.6. The monoisotopic (exact) mass is 512 g/mol. The predicted molar refractivity (Wildman–Crippen MR) is 137 cm³/mol. The highest BCUT2D eigenvalue weighted by molar-refractivity contribution is 6.36. The highest BCUT2D eigenvalue weighted by atomic mass is 35.5. The summed E-state index contributed by atoms with van der Waals surface area (Å²) in [5.41, 5.74) is 1.39. The molecule has 1 N–H and O–H groups in total. The second-order valence-electron chi connectivity index (χ2n) is 10.2. The number of halogens is 1. The molecule has 1 unspecified atom stereocenters. The van der Waals surface area contributed by atoms with E-state index in [4.69, 9.17) is 21.3 Å². The number of aromatic nitrogens is 4. The smallest absolute Gasteiger partial charge is 0.219 e. The maximum atomic E-state index is 12.2. The van der Waals surface area contributed by atoms with Crippen molar-refractivity contribution in [3.05, 3.63) is 46.2 Å². The van der Waals surface area contributed by atoms with E-state index in [-0.39, 0.29) is 11.8 Å². The van der Waals surface area contributed by atoms with Gasteiger partial charge in [-0.15, -0.1) is 5.10 Å². The van der Waals surface area contributed by atoms with Crippen molar-refractivity contribution in [2.75, 3.05) is 33.3 Å². The number of aliphatic hydroxyl groups is 1. The number of piperidine rings is 1. The van der Waals surface area contributed by atoms with Gasteiger partial charge in [0, 0.05) is 50.5 Å². The van der Waals surface area contributed by atoms with Gasteiger partial charge >= 0.3 is 0 Å². The zero-order valence-corrected chi connectivity index (χ0v) is 22.0. The molecule has 10 heteroatoms. The van der Waals surface area contributed by atoms with Crippen LogP contribution in [0.2, 0.25) is 5.02 Å². The molecule has 2 aromatic heterocycles. The molecule has 0 bridgehead atoms. The van der Waals surface area contributed by atoms with Gasteiger partial charge in [-0.3, -0.25) is 9.69 Å². The van der Waals surface area contributed by atoms with E-state index in [1.165, 1.54) is 0 Å². The molecule has 192 valence electrons. The number of hydrogen-bond donors (Lipinski definition) is 1. The molecule has 9 nitrogen and oxygen atoms in total. The molecule has 2 aliphatic rings. The minimum absolute atomic E-state index is 0.00803. The molecule has 4 heterocycles. The molecule has 5 rings (SSSR count). The number of pyridine rings is 1. The first-order chi connectivity index (χ1) is 17.2. The van der Waals surface area contributed by atoms with Crippen LogP contribution in [0.15, 0.2) is 24.4 Å². The Morgan fingerprint density at radius 2 is 2.00 bits per heavy atom. The third-order valence-corrected chi connectivity index (χ3v) is 8.32. The van der Waals surface area contributed by atoms with Crippen LogP contribution in [0.1, 0.15) is 43.5 Å². The molecule has 1 amide bonds. The summed E-state index contributed by atoms with van der Waals surface area (Å²) in [5.74, 6) is 1.05. The minimum atomic E-state index is -1.40. The fraction of sp³-hybridized carbons (Fsp3) is 0.538. The summed E-state index contributed by atoms with van der Waals surface area (Å²) < 4.78 is 7.22. The van der Waals surface area contributed by atoms with Crippen LogP contribution < -0.4 is 4.74 Å². The van der Waals surface area contributed by atoms with Gasteiger partial charge in [-0.1, -0.05) is 29.8 Å². The number of hydrogen-bond acceptors (Lipinski definition) is 7. The Balaban J connectivity index is 1.57. The summed E-state index contributed by atoms with van der Waals surface area (Å²) in [7, 11) is 3.37. The van der Waals surface area contributed by atoms with Gasteiger partial charge < -0.3 is 14.7 Å². The fourth-order valence-electron chi connectivity index (χ4n) is 5.46. The molecular formula is C26H33ClN6O3. The van der Waals surface area contributed by atoms with Gasteiger partial charge in [0.25, 0.3) is 0 Å². The zero-order valence-electron chi connectivity index (χ0n) is 21.2.